The summed E-state index contributed by atoms with van der Waals surface area (Å²) >= 11 is 0. The minimum absolute atomic E-state index is 0.0113. The van der Waals surface area contributed by atoms with Gasteiger partial charge < -0.3 is 14.7 Å². The molecule has 1 aromatic heterocycles. The first-order chi connectivity index (χ1) is 11.0. The van der Waals surface area contributed by atoms with Gasteiger partial charge in [0.1, 0.15) is 5.82 Å². The van der Waals surface area contributed by atoms with Crippen molar-refractivity contribution >= 4 is 12.1 Å². The van der Waals surface area contributed by atoms with Crippen molar-refractivity contribution in [2.45, 2.75) is 31.6 Å². The van der Waals surface area contributed by atoms with E-state index in [9.17, 15) is 14.9 Å². The van der Waals surface area contributed by atoms with Crippen molar-refractivity contribution in [2.24, 2.45) is 0 Å². The summed E-state index contributed by atoms with van der Waals surface area (Å²) in [6.07, 6.45) is 1.74. The molecule has 122 valence electrons. The molecule has 1 saturated heterocycles. The molecule has 0 aromatic carbocycles. The molecule has 1 aliphatic heterocycles. The number of rotatable bonds is 3. The number of nitrogens with zero attached hydrogens (tertiary/aromatic N) is 4. The number of amides is 1. The molecule has 8 nitrogen and oxygen atoms in total. The third kappa shape index (κ3) is 3.56. The van der Waals surface area contributed by atoms with E-state index in [0.717, 1.165) is 0 Å². The van der Waals surface area contributed by atoms with Crippen LogP contribution < -0.4 is 0 Å². The van der Waals surface area contributed by atoms with Crippen LogP contribution in [0.5, 0.6) is 0 Å². The smallest absolute Gasteiger partial charge is 0.407 e. The second-order valence-corrected chi connectivity index (χ2v) is 5.39. The van der Waals surface area contributed by atoms with Gasteiger partial charge in [0.25, 0.3) is 0 Å². The van der Waals surface area contributed by atoms with E-state index < -0.39 is 18.0 Å². The first-order valence-corrected chi connectivity index (χ1v) is 7.26. The van der Waals surface area contributed by atoms with E-state index in [4.69, 9.17) is 5.11 Å². The summed E-state index contributed by atoms with van der Waals surface area (Å²) in [5.74, 6) is -1.19. The number of methoxy groups -OCH3 is 1. The lowest BCUT2D eigenvalue weighted by Gasteiger charge is -2.30. The molecule has 1 fully saturated rings. The normalized spacial score (nSPS) is 16.5. The fourth-order valence-corrected chi connectivity index (χ4v) is 2.76. The van der Waals surface area contributed by atoms with Gasteiger partial charge in [0, 0.05) is 30.8 Å². The SMILES string of the molecule is COC(=O)C(C#N)c1cnc(C)nc1C1CCN(C(=O)O)CC1. The number of carbonyl (C=O) groups is 2. The Morgan fingerprint density at radius 2 is 2.13 bits per heavy atom. The number of nitriles is 1. The van der Waals surface area contributed by atoms with Crippen LogP contribution in [0.4, 0.5) is 4.79 Å². The number of piperidine rings is 1. The molecule has 0 aliphatic carbocycles. The van der Waals surface area contributed by atoms with E-state index in [2.05, 4.69) is 14.7 Å². The Morgan fingerprint density at radius 3 is 2.65 bits per heavy atom. The Bertz CT molecular complexity index is 647. The van der Waals surface area contributed by atoms with Crippen molar-refractivity contribution in [1.29, 1.82) is 5.26 Å². The topological polar surface area (TPSA) is 116 Å². The minimum Gasteiger partial charge on any atom is -0.468 e. The van der Waals surface area contributed by atoms with Crippen molar-refractivity contribution in [1.82, 2.24) is 14.9 Å². The van der Waals surface area contributed by atoms with E-state index in [1.165, 1.54) is 18.2 Å². The lowest BCUT2D eigenvalue weighted by atomic mass is 9.87. The molecular formula is C15H18N4O4. The average molecular weight is 318 g/mol. The van der Waals surface area contributed by atoms with Crippen LogP contribution in [0, 0.1) is 18.3 Å². The fraction of sp³-hybridized carbons (Fsp3) is 0.533. The Hall–Kier alpha value is -2.69. The molecule has 1 amide bonds. The van der Waals surface area contributed by atoms with Crippen LogP contribution in [0.25, 0.3) is 0 Å². The highest BCUT2D eigenvalue weighted by Crippen LogP contribution is 2.32. The molecular weight excluding hydrogens is 300 g/mol. The van der Waals surface area contributed by atoms with Gasteiger partial charge in [-0.05, 0) is 19.8 Å². The molecule has 1 aromatic rings. The highest BCUT2D eigenvalue weighted by atomic mass is 16.5. The van der Waals surface area contributed by atoms with Crippen LogP contribution in [0.2, 0.25) is 0 Å². The van der Waals surface area contributed by atoms with Crippen molar-refractivity contribution in [2.75, 3.05) is 20.2 Å². The number of aryl methyl sites for hydroxylation is 1. The van der Waals surface area contributed by atoms with Crippen LogP contribution >= 0.6 is 0 Å². The fourth-order valence-electron chi connectivity index (χ4n) is 2.76. The maximum Gasteiger partial charge on any atom is 0.407 e. The van der Waals surface area contributed by atoms with Crippen molar-refractivity contribution in [3.05, 3.63) is 23.3 Å². The number of ether oxygens (including phenoxy) is 1. The highest BCUT2D eigenvalue weighted by molar-refractivity contribution is 5.81. The van der Waals surface area contributed by atoms with E-state index in [1.54, 1.807) is 6.92 Å². The van der Waals surface area contributed by atoms with Gasteiger partial charge in [-0.3, -0.25) is 4.79 Å². The molecule has 8 heteroatoms. The summed E-state index contributed by atoms with van der Waals surface area (Å²) in [5, 5.41) is 18.3. The molecule has 23 heavy (non-hydrogen) atoms. The average Bonchev–Trinajstić information content (AvgIpc) is 2.56. The predicted molar refractivity (Wildman–Crippen MR) is 78.7 cm³/mol. The summed E-state index contributed by atoms with van der Waals surface area (Å²) in [6, 6.07) is 1.94. The van der Waals surface area contributed by atoms with Gasteiger partial charge in [0.05, 0.1) is 18.9 Å². The van der Waals surface area contributed by atoms with Crippen molar-refractivity contribution in [3.8, 4) is 6.07 Å². The van der Waals surface area contributed by atoms with Crippen LogP contribution in [0.3, 0.4) is 0 Å². The lowest BCUT2D eigenvalue weighted by Crippen LogP contribution is -2.37. The number of aromatic nitrogens is 2. The Kier molecular flexibility index (Phi) is 5.11. The zero-order valence-corrected chi connectivity index (χ0v) is 13.0. The van der Waals surface area contributed by atoms with Crippen molar-refractivity contribution < 1.29 is 19.4 Å². The molecule has 2 heterocycles. The van der Waals surface area contributed by atoms with Crippen LogP contribution in [-0.4, -0.2) is 52.2 Å². The predicted octanol–water partition coefficient (Wildman–Crippen LogP) is 1.42. The van der Waals surface area contributed by atoms with E-state index >= 15 is 0 Å². The quantitative estimate of drug-likeness (QED) is 0.838. The first-order valence-electron chi connectivity index (χ1n) is 7.26. The van der Waals surface area contributed by atoms with Crippen LogP contribution in [-0.2, 0) is 9.53 Å². The number of hydrogen-bond donors (Lipinski definition) is 1. The van der Waals surface area contributed by atoms with Crippen LogP contribution in [0.1, 0.15) is 41.8 Å². The summed E-state index contributed by atoms with van der Waals surface area (Å²) in [4.78, 5) is 32.7. The maximum absolute atomic E-state index is 11.8. The Labute approximate surface area is 133 Å². The molecule has 1 aliphatic rings. The van der Waals surface area contributed by atoms with Gasteiger partial charge in [-0.15, -0.1) is 0 Å². The maximum atomic E-state index is 11.8. The summed E-state index contributed by atoms with van der Waals surface area (Å²) in [5.41, 5.74) is 1.08. The second kappa shape index (κ2) is 7.05. The Balaban J connectivity index is 2.32. The van der Waals surface area contributed by atoms with Gasteiger partial charge in [-0.1, -0.05) is 0 Å². The van der Waals surface area contributed by atoms with Gasteiger partial charge >= 0.3 is 12.1 Å². The Morgan fingerprint density at radius 1 is 1.48 bits per heavy atom. The van der Waals surface area contributed by atoms with E-state index in [1.807, 2.05) is 6.07 Å². The molecule has 1 N–H and O–H groups in total. The summed E-state index contributed by atoms with van der Waals surface area (Å²) in [7, 11) is 1.23. The standard InChI is InChI=1S/C15H18N4O4/c1-9-17-8-12(11(7-16)14(20)23-2)13(18-9)10-3-5-19(6-4-10)15(21)22/h8,10-11H,3-6H2,1-2H3,(H,21,22). The number of esters is 1. The van der Waals surface area contributed by atoms with E-state index in [0.29, 0.717) is 43.0 Å². The molecule has 0 radical (unpaired) electrons. The minimum atomic E-state index is -1.08. The van der Waals surface area contributed by atoms with Gasteiger partial charge in [0.2, 0.25) is 0 Å². The first kappa shape index (κ1) is 16.7. The lowest BCUT2D eigenvalue weighted by molar-refractivity contribution is -0.141. The number of carboxylic acid groups (broad SMARTS) is 1. The highest BCUT2D eigenvalue weighted by Gasteiger charge is 2.31. The third-order valence-corrected chi connectivity index (χ3v) is 4.00. The number of carbonyl (C=O) groups excluding carboxylic acids is 1. The molecule has 1 atom stereocenters. The summed E-state index contributed by atoms with van der Waals surface area (Å²) < 4.78 is 4.68. The molecule has 0 saturated carbocycles. The van der Waals surface area contributed by atoms with E-state index in [-0.39, 0.29) is 5.92 Å². The molecule has 0 bridgehead atoms. The molecule has 1 unspecified atom stereocenters. The monoisotopic (exact) mass is 318 g/mol. The van der Waals surface area contributed by atoms with Crippen molar-refractivity contribution in [3.63, 3.8) is 0 Å². The second-order valence-electron chi connectivity index (χ2n) is 5.39. The molecule has 2 rings (SSSR count). The summed E-state index contributed by atoms with van der Waals surface area (Å²) in [6.45, 7) is 2.54. The zero-order chi connectivity index (χ0) is 17.0. The third-order valence-electron chi connectivity index (χ3n) is 4.00. The van der Waals surface area contributed by atoms with Gasteiger partial charge in [-0.2, -0.15) is 5.26 Å². The number of likely N-dealkylation sites (tertiary alicyclic amines) is 1. The zero-order valence-electron chi connectivity index (χ0n) is 13.0. The van der Waals surface area contributed by atoms with Crippen LogP contribution in [0.15, 0.2) is 6.20 Å². The largest absolute Gasteiger partial charge is 0.468 e. The van der Waals surface area contributed by atoms with Gasteiger partial charge in [-0.25, -0.2) is 14.8 Å². The molecule has 0 spiro atoms. The van der Waals surface area contributed by atoms with Gasteiger partial charge in [0.15, 0.2) is 5.92 Å². The number of hydrogen-bond acceptors (Lipinski definition) is 6.